The molecule has 9 nitrogen and oxygen atoms in total. The number of anilines is 3. The molecule has 6 rings (SSSR count). The molecule has 10 heteroatoms. The first-order valence-corrected chi connectivity index (χ1v) is 14.2. The summed E-state index contributed by atoms with van der Waals surface area (Å²) in [6.45, 7) is 3.81. The highest BCUT2D eigenvalue weighted by molar-refractivity contribution is 7.88. The number of rotatable bonds is 6. The zero-order valence-corrected chi connectivity index (χ0v) is 21.1. The van der Waals surface area contributed by atoms with Gasteiger partial charge in [-0.15, -0.1) is 0 Å². The van der Waals surface area contributed by atoms with E-state index in [1.54, 1.807) is 10.5 Å². The van der Waals surface area contributed by atoms with E-state index in [0.717, 1.165) is 61.9 Å². The van der Waals surface area contributed by atoms with E-state index >= 15 is 0 Å². The molecule has 2 bridgehead atoms. The van der Waals surface area contributed by atoms with Crippen molar-refractivity contribution < 1.29 is 13.2 Å². The number of fused-ring (bicyclic) bond motifs is 2. The van der Waals surface area contributed by atoms with E-state index in [4.69, 9.17) is 4.74 Å². The fourth-order valence-electron chi connectivity index (χ4n) is 5.77. The Balaban J connectivity index is 1.11. The summed E-state index contributed by atoms with van der Waals surface area (Å²) in [6.07, 6.45) is 6.77. The van der Waals surface area contributed by atoms with E-state index in [1.807, 2.05) is 36.5 Å². The Morgan fingerprint density at radius 2 is 1.81 bits per heavy atom. The molecule has 3 unspecified atom stereocenters. The van der Waals surface area contributed by atoms with E-state index in [9.17, 15) is 8.42 Å². The van der Waals surface area contributed by atoms with Crippen molar-refractivity contribution >= 4 is 27.5 Å². The number of hydrogen-bond acceptors (Lipinski definition) is 8. The summed E-state index contributed by atoms with van der Waals surface area (Å²) in [7, 11) is -3.11. The van der Waals surface area contributed by atoms with Crippen molar-refractivity contribution in [3.63, 3.8) is 0 Å². The van der Waals surface area contributed by atoms with Gasteiger partial charge in [-0.1, -0.05) is 12.1 Å². The largest absolute Gasteiger partial charge is 0.378 e. The third-order valence-corrected chi connectivity index (χ3v) is 8.85. The van der Waals surface area contributed by atoms with Gasteiger partial charge < -0.3 is 15.0 Å². The lowest BCUT2D eigenvalue weighted by atomic mass is 9.88. The number of aromatic nitrogens is 3. The standard InChI is InChI=1S/C26H30N6O3S/c1-36(33,34)32-17-20-14-22(32)15-23(20)18-2-5-21(6-3-18)29-26-27-9-8-24(30-26)19-4-7-25(28-16-19)31-10-12-35-13-11-31/h2-9,16,20,22-23H,10-15,17H2,1H3,(H,27,29,30). The fraction of sp³-hybridized carbons (Fsp3) is 0.423. The van der Waals surface area contributed by atoms with E-state index in [-0.39, 0.29) is 6.04 Å². The highest BCUT2D eigenvalue weighted by Gasteiger charge is 2.48. The predicted molar refractivity (Wildman–Crippen MR) is 139 cm³/mol. The smallest absolute Gasteiger partial charge is 0.227 e. The van der Waals surface area contributed by atoms with Crippen molar-refractivity contribution in [3.8, 4) is 11.3 Å². The predicted octanol–water partition coefficient (Wildman–Crippen LogP) is 3.26. The zero-order chi connectivity index (χ0) is 24.7. The Labute approximate surface area is 211 Å². The van der Waals surface area contributed by atoms with Crippen molar-refractivity contribution in [2.75, 3.05) is 49.3 Å². The van der Waals surface area contributed by atoms with Crippen LogP contribution in [0.1, 0.15) is 24.3 Å². The lowest BCUT2D eigenvalue weighted by Gasteiger charge is -2.30. The molecule has 0 amide bonds. The van der Waals surface area contributed by atoms with Gasteiger partial charge in [0.25, 0.3) is 0 Å². The first-order valence-electron chi connectivity index (χ1n) is 12.4. The van der Waals surface area contributed by atoms with Gasteiger partial charge in [-0.2, -0.15) is 4.31 Å². The number of morpholine rings is 1. The maximum Gasteiger partial charge on any atom is 0.227 e. The van der Waals surface area contributed by atoms with Gasteiger partial charge in [0.05, 0.1) is 25.2 Å². The van der Waals surface area contributed by atoms with Crippen LogP contribution in [0.5, 0.6) is 0 Å². The SMILES string of the molecule is CS(=O)(=O)N1CC2CC1CC2c1ccc(Nc2nccc(-c3ccc(N4CCOCC4)nc3)n2)cc1. The van der Waals surface area contributed by atoms with Gasteiger partial charge in [-0.05, 0) is 60.6 Å². The van der Waals surface area contributed by atoms with Gasteiger partial charge in [0.2, 0.25) is 16.0 Å². The van der Waals surface area contributed by atoms with Crippen LogP contribution in [0.25, 0.3) is 11.3 Å². The van der Waals surface area contributed by atoms with Crippen LogP contribution in [0.4, 0.5) is 17.5 Å². The van der Waals surface area contributed by atoms with Crippen LogP contribution in [0, 0.1) is 5.92 Å². The highest BCUT2D eigenvalue weighted by atomic mass is 32.2. The summed E-state index contributed by atoms with van der Waals surface area (Å²) in [5.74, 6) is 2.29. The van der Waals surface area contributed by atoms with E-state index in [1.165, 1.54) is 11.8 Å². The number of benzene rings is 1. The minimum atomic E-state index is -3.11. The Morgan fingerprint density at radius 3 is 2.47 bits per heavy atom. The quantitative estimate of drug-likeness (QED) is 0.544. The van der Waals surface area contributed by atoms with Crippen molar-refractivity contribution in [2.45, 2.75) is 24.8 Å². The monoisotopic (exact) mass is 506 g/mol. The van der Waals surface area contributed by atoms with Gasteiger partial charge in [0, 0.05) is 49.3 Å². The van der Waals surface area contributed by atoms with Crippen LogP contribution in [-0.2, 0) is 14.8 Å². The van der Waals surface area contributed by atoms with Crippen LogP contribution in [0.15, 0.2) is 54.9 Å². The second-order valence-electron chi connectivity index (χ2n) is 9.84. The average molecular weight is 507 g/mol. The van der Waals surface area contributed by atoms with Crippen LogP contribution >= 0.6 is 0 Å². The minimum Gasteiger partial charge on any atom is -0.378 e. The zero-order valence-electron chi connectivity index (χ0n) is 20.2. The number of hydrogen-bond donors (Lipinski definition) is 1. The van der Waals surface area contributed by atoms with Crippen LogP contribution < -0.4 is 10.2 Å². The lowest BCUT2D eigenvalue weighted by Crippen LogP contribution is -2.38. The fourth-order valence-corrected chi connectivity index (χ4v) is 6.94. The summed E-state index contributed by atoms with van der Waals surface area (Å²) < 4.78 is 31.1. The average Bonchev–Trinajstić information content (AvgIpc) is 3.52. The molecule has 0 spiro atoms. The number of ether oxygens (including phenoxy) is 1. The first-order chi connectivity index (χ1) is 17.4. The van der Waals surface area contributed by atoms with E-state index < -0.39 is 10.0 Å². The molecule has 1 N–H and O–H groups in total. The first kappa shape index (κ1) is 23.3. The van der Waals surface area contributed by atoms with Crippen molar-refractivity contribution in [2.24, 2.45) is 5.92 Å². The molecular formula is C26H30N6O3S. The number of pyridine rings is 1. The Hall–Kier alpha value is -3.08. The normalized spacial score (nSPS) is 24.2. The summed E-state index contributed by atoms with van der Waals surface area (Å²) in [6, 6.07) is 14.5. The Morgan fingerprint density at radius 1 is 1.00 bits per heavy atom. The second kappa shape index (κ2) is 9.42. The van der Waals surface area contributed by atoms with Crippen LogP contribution in [-0.4, -0.2) is 72.8 Å². The van der Waals surface area contributed by atoms with Gasteiger partial charge in [0.1, 0.15) is 5.82 Å². The van der Waals surface area contributed by atoms with Gasteiger partial charge in [0.15, 0.2) is 0 Å². The van der Waals surface area contributed by atoms with Crippen molar-refractivity contribution in [1.82, 2.24) is 19.3 Å². The Kier molecular flexibility index (Phi) is 6.10. The summed E-state index contributed by atoms with van der Waals surface area (Å²) in [5.41, 5.74) is 3.93. The molecule has 1 aromatic carbocycles. The third-order valence-electron chi connectivity index (χ3n) is 7.55. The molecule has 2 saturated heterocycles. The molecule has 188 valence electrons. The molecule has 3 atom stereocenters. The van der Waals surface area contributed by atoms with Crippen molar-refractivity contribution in [3.05, 3.63) is 60.4 Å². The molecule has 1 aliphatic carbocycles. The second-order valence-corrected chi connectivity index (χ2v) is 11.8. The molecule has 2 aromatic heterocycles. The molecule has 2 aliphatic heterocycles. The summed E-state index contributed by atoms with van der Waals surface area (Å²) >= 11 is 0. The number of piperidine rings is 1. The molecule has 1 saturated carbocycles. The topological polar surface area (TPSA) is 101 Å². The highest BCUT2D eigenvalue weighted by Crippen LogP contribution is 2.48. The third kappa shape index (κ3) is 4.68. The molecule has 3 aliphatic rings. The van der Waals surface area contributed by atoms with E-state index in [2.05, 4.69) is 37.3 Å². The van der Waals surface area contributed by atoms with Crippen molar-refractivity contribution in [1.29, 1.82) is 0 Å². The van der Waals surface area contributed by atoms with Crippen LogP contribution in [0.2, 0.25) is 0 Å². The molecular weight excluding hydrogens is 476 g/mol. The van der Waals surface area contributed by atoms with Gasteiger partial charge in [-0.25, -0.2) is 23.4 Å². The minimum absolute atomic E-state index is 0.140. The molecule has 3 fully saturated rings. The molecule has 4 heterocycles. The Bertz CT molecular complexity index is 1330. The van der Waals surface area contributed by atoms with Gasteiger partial charge in [-0.3, -0.25) is 0 Å². The molecule has 0 radical (unpaired) electrons. The number of nitrogens with one attached hydrogen (secondary N) is 1. The lowest BCUT2D eigenvalue weighted by molar-refractivity contribution is 0.122. The molecule has 3 aromatic rings. The number of nitrogens with zero attached hydrogens (tertiary/aromatic N) is 5. The number of sulfonamides is 1. The maximum atomic E-state index is 12.0. The van der Waals surface area contributed by atoms with Gasteiger partial charge >= 0.3 is 0 Å². The molecule has 36 heavy (non-hydrogen) atoms. The maximum absolute atomic E-state index is 12.0. The van der Waals surface area contributed by atoms with Crippen LogP contribution in [0.3, 0.4) is 0 Å². The summed E-state index contributed by atoms with van der Waals surface area (Å²) in [5, 5.41) is 3.30. The van der Waals surface area contributed by atoms with E-state index in [0.29, 0.717) is 24.3 Å². The summed E-state index contributed by atoms with van der Waals surface area (Å²) in [4.78, 5) is 15.9.